The minimum Gasteiger partial charge on any atom is -0.456 e. The van der Waals surface area contributed by atoms with Crippen LogP contribution in [0.4, 0.5) is 17.1 Å². The summed E-state index contributed by atoms with van der Waals surface area (Å²) in [7, 11) is 0. The van der Waals surface area contributed by atoms with Gasteiger partial charge in [0.2, 0.25) is 0 Å². The minimum absolute atomic E-state index is 0.153. The molecule has 0 N–H and O–H groups in total. The second kappa shape index (κ2) is 10.8. The van der Waals surface area contributed by atoms with Crippen molar-refractivity contribution in [2.75, 3.05) is 4.90 Å². The molecule has 0 unspecified atom stereocenters. The molecule has 6 aromatic carbocycles. The fraction of sp³-hybridized carbons (Fsp3) is 0.182. The molecule has 0 saturated carbocycles. The number of furan rings is 1. The molecular formula is C44H39NO. The van der Waals surface area contributed by atoms with Crippen LogP contribution in [0, 0.1) is 0 Å². The first kappa shape index (κ1) is 28.4. The monoisotopic (exact) mass is 597 g/mol. The number of hydrogen-bond acceptors (Lipinski definition) is 2. The minimum atomic E-state index is 0.153. The zero-order chi connectivity index (χ0) is 31.5. The first-order valence-corrected chi connectivity index (χ1v) is 16.4. The first-order chi connectivity index (χ1) is 22.3. The average Bonchev–Trinajstić information content (AvgIpc) is 3.47. The molecule has 0 bridgehead atoms. The summed E-state index contributed by atoms with van der Waals surface area (Å²) in [5, 5.41) is 2.24. The van der Waals surface area contributed by atoms with Crippen LogP contribution >= 0.6 is 0 Å². The van der Waals surface area contributed by atoms with E-state index in [9.17, 15) is 0 Å². The Morgan fingerprint density at radius 3 is 1.78 bits per heavy atom. The lowest BCUT2D eigenvalue weighted by Crippen LogP contribution is -2.33. The van der Waals surface area contributed by atoms with Crippen LogP contribution in [0.3, 0.4) is 0 Å². The zero-order valence-corrected chi connectivity index (χ0v) is 27.0. The van der Waals surface area contributed by atoms with Gasteiger partial charge in [-0.15, -0.1) is 0 Å². The molecule has 0 spiro atoms. The van der Waals surface area contributed by atoms with E-state index in [1.54, 1.807) is 0 Å². The highest BCUT2D eigenvalue weighted by molar-refractivity contribution is 6.13. The molecular weight excluding hydrogens is 558 g/mol. The molecule has 46 heavy (non-hydrogen) atoms. The van der Waals surface area contributed by atoms with Gasteiger partial charge in [-0.05, 0) is 99.5 Å². The van der Waals surface area contributed by atoms with Gasteiger partial charge < -0.3 is 9.32 Å². The molecule has 1 aliphatic rings. The molecule has 1 heterocycles. The van der Waals surface area contributed by atoms with Gasteiger partial charge in [0.25, 0.3) is 0 Å². The van der Waals surface area contributed by atoms with E-state index in [0.29, 0.717) is 0 Å². The normalized spacial score (nSPS) is 15.1. The maximum Gasteiger partial charge on any atom is 0.137 e. The number of para-hydroxylation sites is 1. The SMILES string of the molecule is CC1(C)CCC(C)(C)c2cc(-c3cccc(N(c4cccc(-c5ccccc5)c4)c4cccc5oc6ccccc6c45)c3)ccc21. The van der Waals surface area contributed by atoms with Gasteiger partial charge in [-0.2, -0.15) is 0 Å². The Morgan fingerprint density at radius 1 is 0.478 bits per heavy atom. The van der Waals surface area contributed by atoms with Crippen LogP contribution in [-0.2, 0) is 10.8 Å². The van der Waals surface area contributed by atoms with Crippen LogP contribution in [0.1, 0.15) is 51.7 Å². The van der Waals surface area contributed by atoms with Gasteiger partial charge in [-0.25, -0.2) is 0 Å². The third kappa shape index (κ3) is 4.81. The molecule has 0 atom stereocenters. The molecule has 1 aromatic heterocycles. The van der Waals surface area contributed by atoms with Crippen LogP contribution in [0.2, 0.25) is 0 Å². The third-order valence-corrected chi connectivity index (χ3v) is 10.1. The van der Waals surface area contributed by atoms with Crippen LogP contribution < -0.4 is 4.90 Å². The quantitative estimate of drug-likeness (QED) is 0.196. The topological polar surface area (TPSA) is 16.4 Å². The summed E-state index contributed by atoms with van der Waals surface area (Å²) in [6.45, 7) is 9.59. The van der Waals surface area contributed by atoms with Crippen LogP contribution in [-0.4, -0.2) is 0 Å². The Hall–Kier alpha value is -5.08. The Bertz CT molecular complexity index is 2220. The molecule has 0 fully saturated rings. The van der Waals surface area contributed by atoms with Gasteiger partial charge in [0.15, 0.2) is 0 Å². The van der Waals surface area contributed by atoms with Gasteiger partial charge in [0.05, 0.1) is 11.1 Å². The van der Waals surface area contributed by atoms with Gasteiger partial charge in [-0.1, -0.05) is 125 Å². The summed E-state index contributed by atoms with van der Waals surface area (Å²) in [5.74, 6) is 0. The maximum atomic E-state index is 6.36. The van der Waals surface area contributed by atoms with Crippen molar-refractivity contribution in [1.29, 1.82) is 0 Å². The highest BCUT2D eigenvalue weighted by Gasteiger charge is 2.37. The third-order valence-electron chi connectivity index (χ3n) is 10.1. The molecule has 0 aliphatic heterocycles. The lowest BCUT2D eigenvalue weighted by atomic mass is 9.63. The fourth-order valence-electron chi connectivity index (χ4n) is 7.42. The number of nitrogens with zero attached hydrogens (tertiary/aromatic N) is 1. The Kier molecular flexibility index (Phi) is 6.65. The largest absolute Gasteiger partial charge is 0.456 e. The van der Waals surface area contributed by atoms with Crippen molar-refractivity contribution in [2.24, 2.45) is 0 Å². The van der Waals surface area contributed by atoms with E-state index in [0.717, 1.165) is 39.0 Å². The van der Waals surface area contributed by atoms with E-state index in [4.69, 9.17) is 4.42 Å². The number of rotatable bonds is 5. The van der Waals surface area contributed by atoms with E-state index in [1.807, 2.05) is 6.07 Å². The van der Waals surface area contributed by atoms with E-state index >= 15 is 0 Å². The number of fused-ring (bicyclic) bond motifs is 4. The number of anilines is 3. The molecule has 0 saturated heterocycles. The molecule has 2 nitrogen and oxygen atoms in total. The van der Waals surface area contributed by atoms with Crippen molar-refractivity contribution in [1.82, 2.24) is 0 Å². The van der Waals surface area contributed by atoms with Crippen molar-refractivity contribution in [2.45, 2.75) is 51.4 Å². The fourth-order valence-corrected chi connectivity index (χ4v) is 7.42. The second-order valence-electron chi connectivity index (χ2n) is 14.1. The molecule has 1 aliphatic carbocycles. The maximum absolute atomic E-state index is 6.36. The smallest absolute Gasteiger partial charge is 0.137 e. The van der Waals surface area contributed by atoms with Crippen molar-refractivity contribution in [3.05, 3.63) is 151 Å². The summed E-state index contributed by atoms with van der Waals surface area (Å²) in [4.78, 5) is 2.39. The van der Waals surface area contributed by atoms with E-state index in [1.165, 1.54) is 46.2 Å². The standard InChI is InChI=1S/C44H39NO/c1-43(2)25-26-44(3,4)38-29-33(23-24-37(38)43)32-16-11-18-35(28-32)45(34-17-10-15-31(27-34)30-13-6-5-7-14-30)39-20-12-22-41-42(39)36-19-8-9-21-40(36)46-41/h5-24,27-29H,25-26H2,1-4H3. The van der Waals surface area contributed by atoms with Crippen molar-refractivity contribution in [3.8, 4) is 22.3 Å². The van der Waals surface area contributed by atoms with Crippen LogP contribution in [0.15, 0.2) is 144 Å². The molecule has 7 aromatic rings. The number of hydrogen-bond donors (Lipinski definition) is 0. The van der Waals surface area contributed by atoms with Crippen LogP contribution in [0.5, 0.6) is 0 Å². The van der Waals surface area contributed by atoms with Crippen molar-refractivity contribution >= 4 is 39.0 Å². The Labute approximate surface area is 271 Å². The van der Waals surface area contributed by atoms with Gasteiger partial charge in [-0.3, -0.25) is 0 Å². The van der Waals surface area contributed by atoms with Gasteiger partial charge >= 0.3 is 0 Å². The molecule has 8 rings (SSSR count). The van der Waals surface area contributed by atoms with Crippen LogP contribution in [0.25, 0.3) is 44.2 Å². The lowest BCUT2D eigenvalue weighted by molar-refractivity contribution is 0.332. The number of benzene rings is 6. The van der Waals surface area contributed by atoms with Gasteiger partial charge in [0.1, 0.15) is 11.2 Å². The Balaban J connectivity index is 1.33. The predicted octanol–water partition coefficient (Wildman–Crippen LogP) is 12.7. The molecule has 2 heteroatoms. The van der Waals surface area contributed by atoms with Crippen molar-refractivity contribution in [3.63, 3.8) is 0 Å². The zero-order valence-electron chi connectivity index (χ0n) is 27.0. The lowest BCUT2D eigenvalue weighted by Gasteiger charge is -2.42. The summed E-state index contributed by atoms with van der Waals surface area (Å²) >= 11 is 0. The Morgan fingerprint density at radius 2 is 1.04 bits per heavy atom. The molecule has 0 radical (unpaired) electrons. The molecule has 0 amide bonds. The van der Waals surface area contributed by atoms with E-state index in [-0.39, 0.29) is 10.8 Å². The highest BCUT2D eigenvalue weighted by Crippen LogP contribution is 2.48. The predicted molar refractivity (Wildman–Crippen MR) is 195 cm³/mol. The van der Waals surface area contributed by atoms with E-state index in [2.05, 4.69) is 166 Å². The highest BCUT2D eigenvalue weighted by atomic mass is 16.3. The first-order valence-electron chi connectivity index (χ1n) is 16.4. The summed E-state index contributed by atoms with van der Waals surface area (Å²) in [6.07, 6.45) is 2.41. The molecule has 226 valence electrons. The summed E-state index contributed by atoms with van der Waals surface area (Å²) < 4.78 is 6.36. The van der Waals surface area contributed by atoms with Gasteiger partial charge in [0, 0.05) is 16.8 Å². The summed E-state index contributed by atoms with van der Waals surface area (Å²) in [6, 6.07) is 50.4. The average molecular weight is 598 g/mol. The summed E-state index contributed by atoms with van der Waals surface area (Å²) in [5.41, 5.74) is 13.3. The second-order valence-corrected chi connectivity index (χ2v) is 14.1. The van der Waals surface area contributed by atoms with E-state index < -0.39 is 0 Å². The van der Waals surface area contributed by atoms with Crippen molar-refractivity contribution < 1.29 is 4.42 Å².